The number of phenols is 1. The lowest BCUT2D eigenvalue weighted by Crippen LogP contribution is -2.62. The van der Waals surface area contributed by atoms with E-state index in [1.54, 1.807) is 6.07 Å². The average Bonchev–Trinajstić information content (AvgIpc) is 3.09. The van der Waals surface area contributed by atoms with Gasteiger partial charge >= 0.3 is 0 Å². The molecule has 0 unspecified atom stereocenters. The zero-order chi connectivity index (χ0) is 25.3. The van der Waals surface area contributed by atoms with Crippen LogP contribution in [0.25, 0.3) is 0 Å². The smallest absolute Gasteiger partial charge is 0.160 e. The van der Waals surface area contributed by atoms with Crippen molar-refractivity contribution in [2.75, 3.05) is 5.73 Å². The van der Waals surface area contributed by atoms with Gasteiger partial charge in [-0.15, -0.1) is 92.8 Å². The lowest BCUT2D eigenvalue weighted by molar-refractivity contribution is 0.140. The summed E-state index contributed by atoms with van der Waals surface area (Å²) in [5.74, 6) is -3.12. The molecule has 0 saturated heterocycles. The third kappa shape index (κ3) is 2.24. The van der Waals surface area contributed by atoms with E-state index < -0.39 is 73.3 Å². The van der Waals surface area contributed by atoms with Crippen LogP contribution in [0.1, 0.15) is 23.0 Å². The predicted molar refractivity (Wildman–Crippen MR) is 147 cm³/mol. The number of anilines is 1. The van der Waals surface area contributed by atoms with Crippen LogP contribution in [0.3, 0.4) is 0 Å². The normalized spacial score (nSPS) is 57.4. The topological polar surface area (TPSA) is 46.2 Å². The molecule has 2 nitrogen and oxygen atoms in total. The third-order valence-corrected chi connectivity index (χ3v) is 18.3. The molecule has 4 saturated carbocycles. The van der Waals surface area contributed by atoms with E-state index in [2.05, 4.69) is 0 Å². The Labute approximate surface area is 255 Å². The molecule has 1 aromatic carbocycles. The number of alkyl halides is 12. The first-order valence-electron chi connectivity index (χ1n) is 10.1. The van der Waals surface area contributed by atoms with Gasteiger partial charge < -0.3 is 10.8 Å². The Morgan fingerprint density at radius 3 is 1.29 bits per heavy atom. The Kier molecular flexibility index (Phi) is 5.56. The molecular formula is C20H13Cl12NO. The minimum absolute atomic E-state index is 0.0962. The van der Waals surface area contributed by atoms with Crippen LogP contribution in [0.15, 0.2) is 12.1 Å². The van der Waals surface area contributed by atoms with Crippen molar-refractivity contribution in [2.24, 2.45) is 11.8 Å². The fourth-order valence-corrected chi connectivity index (χ4v) is 14.5. The maximum Gasteiger partial charge on any atom is 0.160 e. The summed E-state index contributed by atoms with van der Waals surface area (Å²) in [7, 11) is 0. The highest BCUT2D eigenvalue weighted by Gasteiger charge is 2.94. The quantitative estimate of drug-likeness (QED) is 0.163. The Bertz CT molecular complexity index is 1060. The first-order valence-corrected chi connectivity index (χ1v) is 14.9. The van der Waals surface area contributed by atoms with Gasteiger partial charge in [0.15, 0.2) is 8.67 Å². The van der Waals surface area contributed by atoms with Gasteiger partial charge in [-0.25, -0.2) is 0 Å². The van der Waals surface area contributed by atoms with Gasteiger partial charge in [0.05, 0.1) is 27.2 Å². The molecular weight excluding hydrogens is 696 g/mol. The summed E-state index contributed by atoms with van der Waals surface area (Å²) >= 11 is 84.1. The van der Waals surface area contributed by atoms with Crippen molar-refractivity contribution in [3.8, 4) is 5.75 Å². The molecule has 5 aliphatic carbocycles. The fourth-order valence-electron chi connectivity index (χ4n) is 7.61. The molecule has 0 heterocycles. The van der Waals surface area contributed by atoms with E-state index in [1.165, 1.54) is 6.07 Å². The van der Waals surface area contributed by atoms with Crippen LogP contribution in [0.4, 0.5) is 5.69 Å². The zero-order valence-electron chi connectivity index (χ0n) is 16.3. The fraction of sp³-hybridized carbons (Fsp3) is 0.700. The van der Waals surface area contributed by atoms with Gasteiger partial charge in [0.1, 0.15) is 25.2 Å². The van der Waals surface area contributed by atoms with E-state index in [9.17, 15) is 5.11 Å². The molecule has 4 bridgehead atoms. The number of phenolic OH excluding ortho intramolecular Hbond substituents is 1. The summed E-state index contributed by atoms with van der Waals surface area (Å²) in [5.41, 5.74) is 7.32. The van der Waals surface area contributed by atoms with Crippen molar-refractivity contribution in [2.45, 2.75) is 61.5 Å². The second-order valence-corrected chi connectivity index (χ2v) is 16.9. The van der Waals surface area contributed by atoms with Gasteiger partial charge in [0.25, 0.3) is 0 Å². The predicted octanol–water partition coefficient (Wildman–Crippen LogP) is 8.13. The monoisotopic (exact) mass is 703 g/mol. The highest BCUT2D eigenvalue weighted by Crippen LogP contribution is 2.87. The van der Waals surface area contributed by atoms with Crippen LogP contribution >= 0.6 is 139 Å². The second kappa shape index (κ2) is 7.13. The largest absolute Gasteiger partial charge is 0.506 e. The Balaban J connectivity index is 1.76. The summed E-state index contributed by atoms with van der Waals surface area (Å²) in [6, 6.07) is 3.07. The maximum absolute atomic E-state index is 10.6. The summed E-state index contributed by atoms with van der Waals surface area (Å²) in [6.07, 6.45) is 0. The number of hydrogen-bond acceptors (Lipinski definition) is 2. The summed E-state index contributed by atoms with van der Waals surface area (Å²) in [6.45, 7) is 0. The van der Waals surface area contributed by atoms with Crippen LogP contribution < -0.4 is 5.73 Å². The summed E-state index contributed by atoms with van der Waals surface area (Å²) in [5, 5.41) is 6.73. The van der Waals surface area contributed by atoms with Gasteiger partial charge in [-0.2, -0.15) is 0 Å². The van der Waals surface area contributed by atoms with Crippen molar-refractivity contribution >= 4 is 145 Å². The molecule has 0 amide bonds. The van der Waals surface area contributed by atoms with Crippen LogP contribution in [-0.4, -0.2) is 54.8 Å². The summed E-state index contributed by atoms with van der Waals surface area (Å²) < 4.78 is -3.66. The number of halogens is 12. The highest BCUT2D eigenvalue weighted by atomic mass is 35.5. The molecule has 1 aromatic rings. The number of benzene rings is 1. The van der Waals surface area contributed by atoms with Crippen molar-refractivity contribution < 1.29 is 5.11 Å². The standard InChI is InChI=1S/C20H13Cl12NO/c21-11-13(23)17(27)9-7(15(11,25)19(17,29)30)3-1-5(33)6(34)2-4(3)8-10(9)18(28)14(24)12(22)16(8,26)20(18,31)32/h1-2,7-14,34H,33H2/t7-,8-,9+,10-,11-,12-,13+,14+,15-,16-,17-,18-/m1/s1. The first kappa shape index (κ1) is 26.5. The number of nitrogens with two attached hydrogens (primary N) is 1. The maximum atomic E-state index is 10.6. The van der Waals surface area contributed by atoms with Crippen LogP contribution in [-0.2, 0) is 0 Å². The Hall–Kier alpha value is 2.30. The molecule has 0 spiro atoms. The van der Waals surface area contributed by atoms with Crippen LogP contribution in [0.2, 0.25) is 0 Å². The number of aromatic hydroxyl groups is 1. The van der Waals surface area contributed by atoms with Gasteiger partial charge in [0, 0.05) is 11.8 Å². The molecule has 5 aliphatic rings. The molecule has 34 heavy (non-hydrogen) atoms. The highest BCUT2D eigenvalue weighted by molar-refractivity contribution is 6.64. The SMILES string of the molecule is Nc1cc2c(cc1O)[C@@H]1[C@H]([C@@H]3[C@@H]2[C@@]2(Cl)[C@H](Cl)[C@H](Cl)[C@@]3(Cl)C2(Cl)Cl)[C@@]2(Cl)[C@@H](Cl)[C@@H](Cl)[C@@]1(Cl)C2(Cl)Cl. The molecule has 0 aromatic heterocycles. The lowest BCUT2D eigenvalue weighted by atomic mass is 9.55. The third-order valence-electron chi connectivity index (χ3n) is 8.93. The first-order chi connectivity index (χ1) is 15.4. The molecule has 0 aliphatic heterocycles. The van der Waals surface area contributed by atoms with Crippen LogP contribution in [0.5, 0.6) is 5.75 Å². The Morgan fingerprint density at radius 2 is 0.912 bits per heavy atom. The van der Waals surface area contributed by atoms with Gasteiger partial charge in [-0.3, -0.25) is 0 Å². The van der Waals surface area contributed by atoms with Crippen molar-refractivity contribution in [1.82, 2.24) is 0 Å². The Morgan fingerprint density at radius 1 is 0.588 bits per heavy atom. The molecule has 6 rings (SSSR count). The molecule has 3 N–H and O–H groups in total. The van der Waals surface area contributed by atoms with E-state index in [0.717, 1.165) is 0 Å². The molecule has 4 fully saturated rings. The van der Waals surface area contributed by atoms with E-state index in [-0.39, 0.29) is 11.4 Å². The molecule has 14 heteroatoms. The van der Waals surface area contributed by atoms with Gasteiger partial charge in [-0.05, 0) is 35.1 Å². The lowest BCUT2D eigenvalue weighted by Gasteiger charge is -2.56. The van der Waals surface area contributed by atoms with Crippen molar-refractivity contribution in [1.29, 1.82) is 0 Å². The number of fused-ring (bicyclic) bond motifs is 14. The van der Waals surface area contributed by atoms with E-state index in [1.807, 2.05) is 0 Å². The van der Waals surface area contributed by atoms with E-state index >= 15 is 0 Å². The molecule has 12 atom stereocenters. The van der Waals surface area contributed by atoms with Crippen molar-refractivity contribution in [3.63, 3.8) is 0 Å². The second-order valence-electron chi connectivity index (χ2n) is 9.87. The van der Waals surface area contributed by atoms with Crippen LogP contribution in [0, 0.1) is 11.8 Å². The van der Waals surface area contributed by atoms with E-state index in [0.29, 0.717) is 11.1 Å². The summed E-state index contributed by atoms with van der Waals surface area (Å²) in [4.78, 5) is -6.32. The average molecular weight is 709 g/mol. The van der Waals surface area contributed by atoms with Gasteiger partial charge in [0.2, 0.25) is 0 Å². The van der Waals surface area contributed by atoms with E-state index in [4.69, 9.17) is 145 Å². The zero-order valence-corrected chi connectivity index (χ0v) is 25.4. The number of nitrogen functional groups attached to an aromatic ring is 1. The number of hydrogen-bond donors (Lipinski definition) is 2. The number of rotatable bonds is 0. The minimum atomic E-state index is -1.83. The minimum Gasteiger partial charge on any atom is -0.506 e. The molecule has 0 radical (unpaired) electrons. The van der Waals surface area contributed by atoms with Crippen molar-refractivity contribution in [3.05, 3.63) is 23.3 Å². The molecule has 188 valence electrons. The van der Waals surface area contributed by atoms with Gasteiger partial charge in [-0.1, -0.05) is 46.4 Å².